The molecular formula is C10H13NO2. The first-order chi connectivity index (χ1) is 6.16. The molecule has 0 aliphatic carbocycles. The summed E-state index contributed by atoms with van der Waals surface area (Å²) in [6.45, 7) is 1.81. The maximum Gasteiger partial charge on any atom is 0.229 e. The predicted molar refractivity (Wildman–Crippen MR) is 48.6 cm³/mol. The second-order valence-corrected chi connectivity index (χ2v) is 3.27. The highest BCUT2D eigenvalue weighted by Crippen LogP contribution is 2.16. The average molecular weight is 179 g/mol. The number of hydrogen-bond acceptors (Lipinski definition) is 2. The smallest absolute Gasteiger partial charge is 0.229 e. The summed E-state index contributed by atoms with van der Waals surface area (Å²) in [5.41, 5.74) is 0. The summed E-state index contributed by atoms with van der Waals surface area (Å²) in [7, 11) is 0. The minimum Gasteiger partial charge on any atom is -0.279 e. The molecule has 1 unspecified atom stereocenters. The van der Waals surface area contributed by atoms with Gasteiger partial charge in [0.1, 0.15) is 0 Å². The number of hydrogen-bond donors (Lipinski definition) is 0. The van der Waals surface area contributed by atoms with Crippen molar-refractivity contribution in [3.8, 4) is 12.3 Å². The lowest BCUT2D eigenvalue weighted by Crippen LogP contribution is -2.45. The molecule has 0 aromatic heterocycles. The lowest BCUT2D eigenvalue weighted by Gasteiger charge is -2.29. The van der Waals surface area contributed by atoms with E-state index in [4.69, 9.17) is 6.42 Å². The molecular weight excluding hydrogens is 166 g/mol. The zero-order valence-electron chi connectivity index (χ0n) is 7.75. The molecule has 3 heteroatoms. The average Bonchev–Trinajstić information content (AvgIpc) is 2.04. The molecule has 0 N–H and O–H groups in total. The summed E-state index contributed by atoms with van der Waals surface area (Å²) in [6, 6.07) is -0.148. The molecule has 0 spiro atoms. The third-order valence-electron chi connectivity index (χ3n) is 2.17. The number of terminal acetylenes is 1. The van der Waals surface area contributed by atoms with Gasteiger partial charge in [0.15, 0.2) is 0 Å². The SMILES string of the molecule is C#CCC(C)N1C(=O)CCCC1=O. The number of nitrogens with zero attached hydrogens (tertiary/aromatic N) is 1. The molecule has 0 aromatic rings. The summed E-state index contributed by atoms with van der Waals surface area (Å²) >= 11 is 0. The molecule has 0 radical (unpaired) electrons. The highest BCUT2D eigenvalue weighted by Gasteiger charge is 2.29. The standard InChI is InChI=1S/C10H13NO2/c1-3-5-8(2)11-9(12)6-4-7-10(11)13/h1,8H,4-7H2,2H3. The zero-order valence-corrected chi connectivity index (χ0v) is 7.75. The fourth-order valence-electron chi connectivity index (χ4n) is 1.52. The van der Waals surface area contributed by atoms with Crippen molar-refractivity contribution in [1.82, 2.24) is 4.90 Å². The third-order valence-corrected chi connectivity index (χ3v) is 2.17. The van der Waals surface area contributed by atoms with E-state index in [1.165, 1.54) is 4.90 Å². The van der Waals surface area contributed by atoms with Crippen LogP contribution in [-0.4, -0.2) is 22.8 Å². The molecule has 1 atom stereocenters. The molecule has 3 nitrogen and oxygen atoms in total. The topological polar surface area (TPSA) is 37.4 Å². The Hall–Kier alpha value is -1.30. The monoisotopic (exact) mass is 179 g/mol. The normalized spacial score (nSPS) is 19.8. The molecule has 1 saturated heterocycles. The van der Waals surface area contributed by atoms with Crippen molar-refractivity contribution < 1.29 is 9.59 Å². The Morgan fingerprint density at radius 3 is 2.46 bits per heavy atom. The van der Waals surface area contributed by atoms with E-state index in [1.807, 2.05) is 0 Å². The predicted octanol–water partition coefficient (Wildman–Crippen LogP) is 0.937. The maximum absolute atomic E-state index is 11.4. The Morgan fingerprint density at radius 1 is 1.46 bits per heavy atom. The number of rotatable bonds is 2. The van der Waals surface area contributed by atoms with Crippen LogP contribution in [0.5, 0.6) is 0 Å². The molecule has 2 amide bonds. The van der Waals surface area contributed by atoms with Gasteiger partial charge in [-0.1, -0.05) is 0 Å². The first-order valence-corrected chi connectivity index (χ1v) is 4.45. The van der Waals surface area contributed by atoms with Gasteiger partial charge in [-0.15, -0.1) is 12.3 Å². The van der Waals surface area contributed by atoms with E-state index in [1.54, 1.807) is 6.92 Å². The van der Waals surface area contributed by atoms with Crippen LogP contribution in [0.25, 0.3) is 0 Å². The molecule has 1 rings (SSSR count). The van der Waals surface area contributed by atoms with E-state index >= 15 is 0 Å². The first kappa shape index (κ1) is 9.79. The van der Waals surface area contributed by atoms with Crippen LogP contribution in [0.3, 0.4) is 0 Å². The number of carbonyl (C=O) groups excluding carboxylic acids is 2. The minimum absolute atomic E-state index is 0.0843. The van der Waals surface area contributed by atoms with Gasteiger partial charge in [0.2, 0.25) is 11.8 Å². The second-order valence-electron chi connectivity index (χ2n) is 3.27. The highest BCUT2D eigenvalue weighted by molar-refractivity contribution is 5.97. The van der Waals surface area contributed by atoms with Gasteiger partial charge < -0.3 is 0 Å². The molecule has 0 saturated carbocycles. The molecule has 70 valence electrons. The molecule has 1 fully saturated rings. The van der Waals surface area contributed by atoms with Gasteiger partial charge in [0.25, 0.3) is 0 Å². The van der Waals surface area contributed by atoms with Gasteiger partial charge in [0, 0.05) is 25.3 Å². The summed E-state index contributed by atoms with van der Waals surface area (Å²) in [6.07, 6.45) is 7.19. The van der Waals surface area contributed by atoms with Crippen molar-refractivity contribution in [2.75, 3.05) is 0 Å². The minimum atomic E-state index is -0.148. The van der Waals surface area contributed by atoms with E-state index in [-0.39, 0.29) is 17.9 Å². The number of piperidine rings is 1. The van der Waals surface area contributed by atoms with Crippen LogP contribution in [0.1, 0.15) is 32.6 Å². The number of likely N-dealkylation sites (tertiary alicyclic amines) is 1. The number of carbonyl (C=O) groups is 2. The van der Waals surface area contributed by atoms with Gasteiger partial charge in [-0.2, -0.15) is 0 Å². The van der Waals surface area contributed by atoms with Crippen molar-refractivity contribution in [3.05, 3.63) is 0 Å². The van der Waals surface area contributed by atoms with Gasteiger partial charge in [0.05, 0.1) is 0 Å². The van der Waals surface area contributed by atoms with Crippen LogP contribution in [-0.2, 0) is 9.59 Å². The fourth-order valence-corrected chi connectivity index (χ4v) is 1.52. The van der Waals surface area contributed by atoms with Crippen LogP contribution in [0.2, 0.25) is 0 Å². The van der Waals surface area contributed by atoms with Crippen molar-refractivity contribution in [2.24, 2.45) is 0 Å². The van der Waals surface area contributed by atoms with Crippen molar-refractivity contribution in [2.45, 2.75) is 38.6 Å². The van der Waals surface area contributed by atoms with Crippen molar-refractivity contribution in [3.63, 3.8) is 0 Å². The summed E-state index contributed by atoms with van der Waals surface area (Å²) < 4.78 is 0. The largest absolute Gasteiger partial charge is 0.279 e. The Kier molecular flexibility index (Phi) is 3.07. The fraction of sp³-hybridized carbons (Fsp3) is 0.600. The number of imide groups is 1. The summed E-state index contributed by atoms with van der Waals surface area (Å²) in [4.78, 5) is 24.0. The number of amides is 2. The van der Waals surface area contributed by atoms with Gasteiger partial charge in [-0.05, 0) is 13.3 Å². The van der Waals surface area contributed by atoms with Crippen LogP contribution in [0.15, 0.2) is 0 Å². The molecule has 1 aliphatic rings. The Balaban J connectivity index is 2.69. The van der Waals surface area contributed by atoms with E-state index in [0.29, 0.717) is 25.7 Å². The maximum atomic E-state index is 11.4. The van der Waals surface area contributed by atoms with Gasteiger partial charge in [-0.25, -0.2) is 0 Å². The quantitative estimate of drug-likeness (QED) is 0.467. The molecule has 0 aromatic carbocycles. The van der Waals surface area contributed by atoms with E-state index in [9.17, 15) is 9.59 Å². The van der Waals surface area contributed by atoms with Gasteiger partial charge in [-0.3, -0.25) is 14.5 Å². The summed E-state index contributed by atoms with van der Waals surface area (Å²) in [5.74, 6) is 2.29. The Morgan fingerprint density at radius 2 is 2.00 bits per heavy atom. The van der Waals surface area contributed by atoms with E-state index < -0.39 is 0 Å². The molecule has 1 aliphatic heterocycles. The van der Waals surface area contributed by atoms with Crippen LogP contribution in [0.4, 0.5) is 0 Å². The van der Waals surface area contributed by atoms with Gasteiger partial charge >= 0.3 is 0 Å². The second kappa shape index (κ2) is 4.08. The van der Waals surface area contributed by atoms with Crippen molar-refractivity contribution >= 4 is 11.8 Å². The third kappa shape index (κ3) is 2.09. The summed E-state index contributed by atoms with van der Waals surface area (Å²) in [5, 5.41) is 0. The van der Waals surface area contributed by atoms with E-state index in [0.717, 1.165) is 0 Å². The molecule has 1 heterocycles. The van der Waals surface area contributed by atoms with Crippen LogP contribution >= 0.6 is 0 Å². The molecule has 0 bridgehead atoms. The van der Waals surface area contributed by atoms with Crippen molar-refractivity contribution in [1.29, 1.82) is 0 Å². The molecule has 13 heavy (non-hydrogen) atoms. The van der Waals surface area contributed by atoms with Crippen LogP contribution in [0, 0.1) is 12.3 Å². The lowest BCUT2D eigenvalue weighted by atomic mass is 10.1. The van der Waals surface area contributed by atoms with E-state index in [2.05, 4.69) is 5.92 Å². The van der Waals surface area contributed by atoms with Crippen LogP contribution < -0.4 is 0 Å². The zero-order chi connectivity index (χ0) is 9.84. The Bertz CT molecular complexity index is 249. The Labute approximate surface area is 78.1 Å². The lowest BCUT2D eigenvalue weighted by molar-refractivity contribution is -0.150. The highest BCUT2D eigenvalue weighted by atomic mass is 16.2. The first-order valence-electron chi connectivity index (χ1n) is 4.45.